The topological polar surface area (TPSA) is 69.0 Å². The molecule has 29 heavy (non-hydrogen) atoms. The molecule has 0 fully saturated rings. The molecule has 2 aromatic carbocycles. The van der Waals surface area contributed by atoms with Gasteiger partial charge in [0.1, 0.15) is 11.6 Å². The first-order chi connectivity index (χ1) is 14.2. The Morgan fingerprint density at radius 2 is 1.79 bits per heavy atom. The van der Waals surface area contributed by atoms with Gasteiger partial charge in [0.15, 0.2) is 5.16 Å². The number of amides is 1. The highest BCUT2D eigenvalue weighted by molar-refractivity contribution is 7.99. The lowest BCUT2D eigenvalue weighted by molar-refractivity contribution is -0.113. The first kappa shape index (κ1) is 20.9. The Labute approximate surface area is 175 Å². The number of hydrogen-bond acceptors (Lipinski definition) is 5. The van der Waals surface area contributed by atoms with Crippen LogP contribution in [0.1, 0.15) is 25.2 Å². The van der Waals surface area contributed by atoms with Crippen LogP contribution in [0.2, 0.25) is 0 Å². The molecule has 0 radical (unpaired) electrons. The van der Waals surface area contributed by atoms with Crippen molar-refractivity contribution >= 4 is 23.4 Å². The Hall–Kier alpha value is -2.80. The molecule has 7 heteroatoms. The summed E-state index contributed by atoms with van der Waals surface area (Å²) in [6.07, 6.45) is 1.73. The van der Waals surface area contributed by atoms with Crippen molar-refractivity contribution in [3.63, 3.8) is 0 Å². The van der Waals surface area contributed by atoms with Gasteiger partial charge in [-0.2, -0.15) is 0 Å². The van der Waals surface area contributed by atoms with Gasteiger partial charge in [0.05, 0.1) is 18.0 Å². The molecule has 1 N–H and O–H groups in total. The normalized spacial score (nSPS) is 10.7. The van der Waals surface area contributed by atoms with Crippen molar-refractivity contribution in [3.8, 4) is 5.75 Å². The number of rotatable bonds is 10. The maximum Gasteiger partial charge on any atom is 0.234 e. The summed E-state index contributed by atoms with van der Waals surface area (Å²) >= 11 is 1.40. The molecular weight excluding hydrogens is 384 g/mol. The monoisotopic (exact) mass is 410 g/mol. The van der Waals surface area contributed by atoms with E-state index >= 15 is 0 Å². The number of ether oxygens (including phenoxy) is 1. The number of hydrogen-bond donors (Lipinski definition) is 1. The fourth-order valence-corrected chi connectivity index (χ4v) is 3.82. The van der Waals surface area contributed by atoms with Crippen LogP contribution in [-0.4, -0.2) is 33.0 Å². The van der Waals surface area contributed by atoms with E-state index in [1.165, 1.54) is 17.3 Å². The average molecular weight is 411 g/mol. The average Bonchev–Trinajstić information content (AvgIpc) is 3.15. The smallest absolute Gasteiger partial charge is 0.234 e. The van der Waals surface area contributed by atoms with Crippen LogP contribution in [-0.2, 0) is 24.2 Å². The number of nitrogens with one attached hydrogen (secondary N) is 1. The van der Waals surface area contributed by atoms with Crippen molar-refractivity contribution in [1.82, 2.24) is 14.8 Å². The fraction of sp³-hybridized carbons (Fsp3) is 0.318. The highest BCUT2D eigenvalue weighted by Crippen LogP contribution is 2.24. The predicted octanol–water partition coefficient (Wildman–Crippen LogP) is 4.21. The van der Waals surface area contributed by atoms with E-state index in [0.29, 0.717) is 18.0 Å². The van der Waals surface area contributed by atoms with Crippen molar-refractivity contribution in [2.75, 3.05) is 17.7 Å². The number of nitrogens with zero attached hydrogens (tertiary/aromatic N) is 3. The van der Waals surface area contributed by atoms with Crippen LogP contribution in [0, 0.1) is 0 Å². The molecule has 1 amide bonds. The quantitative estimate of drug-likeness (QED) is 0.507. The van der Waals surface area contributed by atoms with Gasteiger partial charge in [-0.05, 0) is 38.0 Å². The molecule has 0 saturated carbocycles. The second-order valence-corrected chi connectivity index (χ2v) is 7.34. The van der Waals surface area contributed by atoms with E-state index in [1.807, 2.05) is 49.4 Å². The summed E-state index contributed by atoms with van der Waals surface area (Å²) in [5.74, 6) is 1.78. The van der Waals surface area contributed by atoms with Gasteiger partial charge in [-0.15, -0.1) is 10.2 Å². The molecule has 152 valence electrons. The van der Waals surface area contributed by atoms with E-state index in [1.54, 1.807) is 0 Å². The molecule has 1 heterocycles. The maximum atomic E-state index is 12.4. The molecule has 0 bridgehead atoms. The summed E-state index contributed by atoms with van der Waals surface area (Å²) in [6.45, 7) is 5.31. The zero-order chi connectivity index (χ0) is 20.5. The van der Waals surface area contributed by atoms with Gasteiger partial charge in [-0.3, -0.25) is 4.79 Å². The molecule has 1 aromatic heterocycles. The number of carbonyl (C=O) groups is 1. The van der Waals surface area contributed by atoms with Gasteiger partial charge in [0.25, 0.3) is 0 Å². The van der Waals surface area contributed by atoms with E-state index in [2.05, 4.69) is 39.1 Å². The predicted molar refractivity (Wildman–Crippen MR) is 117 cm³/mol. The summed E-state index contributed by atoms with van der Waals surface area (Å²) in [4.78, 5) is 12.4. The number of para-hydroxylation sites is 2. The van der Waals surface area contributed by atoms with Crippen LogP contribution >= 0.6 is 11.8 Å². The maximum absolute atomic E-state index is 12.4. The lowest BCUT2D eigenvalue weighted by Crippen LogP contribution is -2.15. The molecule has 0 aliphatic heterocycles. The highest BCUT2D eigenvalue weighted by Gasteiger charge is 2.14. The van der Waals surface area contributed by atoms with E-state index in [4.69, 9.17) is 4.74 Å². The summed E-state index contributed by atoms with van der Waals surface area (Å²) in [7, 11) is 0. The van der Waals surface area contributed by atoms with Gasteiger partial charge < -0.3 is 14.6 Å². The van der Waals surface area contributed by atoms with Crippen molar-refractivity contribution < 1.29 is 9.53 Å². The highest BCUT2D eigenvalue weighted by atomic mass is 32.2. The SMILES string of the molecule is CCOc1ccccc1NC(=O)CSc1nnc(CCc2ccccc2)n1CC. The molecule has 0 spiro atoms. The van der Waals surface area contributed by atoms with Crippen LogP contribution in [0.15, 0.2) is 59.8 Å². The zero-order valence-electron chi connectivity index (χ0n) is 16.8. The van der Waals surface area contributed by atoms with Crippen LogP contribution in [0.4, 0.5) is 5.69 Å². The van der Waals surface area contributed by atoms with Crippen molar-refractivity contribution in [3.05, 3.63) is 66.0 Å². The van der Waals surface area contributed by atoms with E-state index in [-0.39, 0.29) is 11.7 Å². The Kier molecular flexibility index (Phi) is 7.69. The Balaban J connectivity index is 1.58. The van der Waals surface area contributed by atoms with Gasteiger partial charge in [-0.25, -0.2) is 0 Å². The zero-order valence-corrected chi connectivity index (χ0v) is 17.6. The van der Waals surface area contributed by atoms with E-state index in [0.717, 1.165) is 30.4 Å². The molecule has 0 unspecified atom stereocenters. The molecule has 0 aliphatic carbocycles. The van der Waals surface area contributed by atoms with E-state index in [9.17, 15) is 4.79 Å². The fourth-order valence-electron chi connectivity index (χ4n) is 3.00. The largest absolute Gasteiger partial charge is 0.492 e. The van der Waals surface area contributed by atoms with Crippen LogP contribution in [0.25, 0.3) is 0 Å². The van der Waals surface area contributed by atoms with E-state index < -0.39 is 0 Å². The van der Waals surface area contributed by atoms with Crippen LogP contribution < -0.4 is 10.1 Å². The van der Waals surface area contributed by atoms with Crippen molar-refractivity contribution in [1.29, 1.82) is 0 Å². The summed E-state index contributed by atoms with van der Waals surface area (Å²) in [5.41, 5.74) is 1.96. The summed E-state index contributed by atoms with van der Waals surface area (Å²) in [6, 6.07) is 17.8. The third-order valence-corrected chi connectivity index (χ3v) is 5.35. The third-order valence-electron chi connectivity index (χ3n) is 4.38. The Bertz CT molecular complexity index is 928. The number of thioether (sulfide) groups is 1. The Morgan fingerprint density at radius 1 is 1.03 bits per heavy atom. The molecule has 3 aromatic rings. The standard InChI is InChI=1S/C22H26N4O2S/c1-3-26-20(15-14-17-10-6-5-7-11-17)24-25-22(26)29-16-21(27)23-18-12-8-9-13-19(18)28-4-2/h5-13H,3-4,14-16H2,1-2H3,(H,23,27). The minimum atomic E-state index is -0.0985. The minimum Gasteiger partial charge on any atom is -0.492 e. The van der Waals surface area contributed by atoms with Crippen molar-refractivity contribution in [2.45, 2.75) is 38.4 Å². The second kappa shape index (κ2) is 10.7. The summed E-state index contributed by atoms with van der Waals surface area (Å²) < 4.78 is 7.63. The number of aryl methyl sites for hydroxylation is 2. The number of anilines is 1. The minimum absolute atomic E-state index is 0.0985. The molecule has 3 rings (SSSR count). The first-order valence-corrected chi connectivity index (χ1v) is 10.8. The lowest BCUT2D eigenvalue weighted by Gasteiger charge is -2.11. The second-order valence-electron chi connectivity index (χ2n) is 6.39. The summed E-state index contributed by atoms with van der Waals surface area (Å²) in [5, 5.41) is 12.3. The number of carbonyl (C=O) groups excluding carboxylic acids is 1. The first-order valence-electron chi connectivity index (χ1n) is 9.81. The van der Waals surface area contributed by atoms with Gasteiger partial charge >= 0.3 is 0 Å². The number of benzene rings is 2. The van der Waals surface area contributed by atoms with Gasteiger partial charge in [0, 0.05) is 13.0 Å². The molecule has 6 nitrogen and oxygen atoms in total. The molecule has 0 aliphatic rings. The molecule has 0 atom stereocenters. The number of aromatic nitrogens is 3. The molecular formula is C22H26N4O2S. The van der Waals surface area contributed by atoms with Crippen LogP contribution in [0.3, 0.4) is 0 Å². The van der Waals surface area contributed by atoms with Gasteiger partial charge in [0.2, 0.25) is 5.91 Å². The Morgan fingerprint density at radius 3 is 2.55 bits per heavy atom. The van der Waals surface area contributed by atoms with Gasteiger partial charge in [-0.1, -0.05) is 54.2 Å². The third kappa shape index (κ3) is 5.84. The molecule has 0 saturated heterocycles. The lowest BCUT2D eigenvalue weighted by atomic mass is 10.1. The van der Waals surface area contributed by atoms with Crippen molar-refractivity contribution in [2.24, 2.45) is 0 Å². The van der Waals surface area contributed by atoms with Crippen LogP contribution in [0.5, 0.6) is 5.75 Å².